The molecule has 1 saturated heterocycles. The number of nitrogens with zero attached hydrogens (tertiary/aromatic N) is 1. The second kappa shape index (κ2) is 4.56. The molecule has 0 saturated carbocycles. The number of aliphatic hydroxyl groups excluding tert-OH is 1. The molecule has 0 amide bonds. The fraction of sp³-hybridized carbons (Fsp3) is 0.571. The standard InChI is InChI=1S/C14H21NO/c1-12-5-3-4-6-13(12)9-14(11-16)7-8-15(2)10-14/h3-6,16H,7-11H2,1-2H3. The third kappa shape index (κ3) is 2.28. The Morgan fingerprint density at radius 2 is 2.12 bits per heavy atom. The van der Waals surface area contributed by atoms with Crippen LogP contribution in [0.5, 0.6) is 0 Å². The molecule has 1 aromatic rings. The molecule has 1 aromatic carbocycles. The lowest BCUT2D eigenvalue weighted by molar-refractivity contribution is 0.132. The molecule has 1 aliphatic heterocycles. The van der Waals surface area contributed by atoms with Crippen LogP contribution in [-0.2, 0) is 6.42 Å². The van der Waals surface area contributed by atoms with Gasteiger partial charge in [0.1, 0.15) is 0 Å². The number of aryl methyl sites for hydroxylation is 1. The second-order valence-electron chi connectivity index (χ2n) is 5.25. The molecular weight excluding hydrogens is 198 g/mol. The fourth-order valence-corrected chi connectivity index (χ4v) is 2.70. The lowest BCUT2D eigenvalue weighted by Crippen LogP contribution is -2.31. The van der Waals surface area contributed by atoms with Crippen LogP contribution in [0.3, 0.4) is 0 Å². The first-order valence-electron chi connectivity index (χ1n) is 5.99. The number of hydrogen-bond acceptors (Lipinski definition) is 2. The van der Waals surface area contributed by atoms with E-state index in [2.05, 4.69) is 43.1 Å². The van der Waals surface area contributed by atoms with E-state index in [0.717, 1.165) is 25.9 Å². The second-order valence-corrected chi connectivity index (χ2v) is 5.25. The third-order valence-corrected chi connectivity index (χ3v) is 3.79. The Kier molecular flexibility index (Phi) is 3.31. The van der Waals surface area contributed by atoms with E-state index in [1.807, 2.05) is 0 Å². The molecule has 0 spiro atoms. The van der Waals surface area contributed by atoms with E-state index >= 15 is 0 Å². The number of benzene rings is 1. The Hall–Kier alpha value is -0.860. The van der Waals surface area contributed by atoms with E-state index in [9.17, 15) is 5.11 Å². The van der Waals surface area contributed by atoms with Crippen LogP contribution in [0.25, 0.3) is 0 Å². The van der Waals surface area contributed by atoms with Crippen LogP contribution in [0.15, 0.2) is 24.3 Å². The van der Waals surface area contributed by atoms with Crippen molar-refractivity contribution in [3.8, 4) is 0 Å². The summed E-state index contributed by atoms with van der Waals surface area (Å²) in [5.74, 6) is 0. The minimum absolute atomic E-state index is 0.0842. The van der Waals surface area contributed by atoms with Gasteiger partial charge in [-0.25, -0.2) is 0 Å². The topological polar surface area (TPSA) is 23.5 Å². The van der Waals surface area contributed by atoms with E-state index in [1.54, 1.807) is 0 Å². The highest BCUT2D eigenvalue weighted by atomic mass is 16.3. The zero-order valence-electron chi connectivity index (χ0n) is 10.2. The molecule has 1 fully saturated rings. The summed E-state index contributed by atoms with van der Waals surface area (Å²) in [5, 5.41) is 9.66. The predicted molar refractivity (Wildman–Crippen MR) is 66.5 cm³/mol. The Morgan fingerprint density at radius 1 is 1.38 bits per heavy atom. The van der Waals surface area contributed by atoms with E-state index in [1.165, 1.54) is 11.1 Å². The molecule has 0 radical (unpaired) electrons. The first-order valence-corrected chi connectivity index (χ1v) is 5.99. The summed E-state index contributed by atoms with van der Waals surface area (Å²) in [6.07, 6.45) is 2.11. The minimum atomic E-state index is 0.0842. The number of aliphatic hydroxyl groups is 1. The van der Waals surface area contributed by atoms with Gasteiger partial charge in [-0.1, -0.05) is 24.3 Å². The van der Waals surface area contributed by atoms with Crippen LogP contribution in [0.2, 0.25) is 0 Å². The summed E-state index contributed by atoms with van der Waals surface area (Å²) in [4.78, 5) is 2.31. The molecule has 16 heavy (non-hydrogen) atoms. The van der Waals surface area contributed by atoms with Gasteiger partial charge in [-0.3, -0.25) is 0 Å². The van der Waals surface area contributed by atoms with Gasteiger partial charge in [0.15, 0.2) is 0 Å². The summed E-state index contributed by atoms with van der Waals surface area (Å²) in [5.41, 5.74) is 2.80. The van der Waals surface area contributed by atoms with Gasteiger partial charge in [0.2, 0.25) is 0 Å². The predicted octanol–water partition coefficient (Wildman–Crippen LogP) is 1.85. The largest absolute Gasteiger partial charge is 0.396 e. The van der Waals surface area contributed by atoms with Gasteiger partial charge >= 0.3 is 0 Å². The molecular formula is C14H21NO. The van der Waals surface area contributed by atoms with Crippen molar-refractivity contribution in [2.24, 2.45) is 5.41 Å². The maximum absolute atomic E-state index is 9.66. The lowest BCUT2D eigenvalue weighted by atomic mass is 9.80. The molecule has 2 nitrogen and oxygen atoms in total. The lowest BCUT2D eigenvalue weighted by Gasteiger charge is -2.27. The third-order valence-electron chi connectivity index (χ3n) is 3.79. The van der Waals surface area contributed by atoms with E-state index in [4.69, 9.17) is 0 Å². The molecule has 1 aliphatic rings. The number of rotatable bonds is 3. The highest BCUT2D eigenvalue weighted by Gasteiger charge is 2.36. The SMILES string of the molecule is Cc1ccccc1CC1(CO)CCN(C)C1. The van der Waals surface area contributed by atoms with E-state index in [0.29, 0.717) is 6.61 Å². The Balaban J connectivity index is 2.16. The maximum atomic E-state index is 9.66. The van der Waals surface area contributed by atoms with Gasteiger partial charge in [-0.2, -0.15) is 0 Å². The molecule has 1 atom stereocenters. The van der Waals surface area contributed by atoms with Gasteiger partial charge in [0, 0.05) is 12.0 Å². The van der Waals surface area contributed by atoms with Crippen molar-refractivity contribution in [1.82, 2.24) is 4.90 Å². The van der Waals surface area contributed by atoms with Crippen LogP contribution < -0.4 is 0 Å². The van der Waals surface area contributed by atoms with E-state index < -0.39 is 0 Å². The monoisotopic (exact) mass is 219 g/mol. The van der Waals surface area contributed by atoms with Crippen molar-refractivity contribution in [1.29, 1.82) is 0 Å². The average molecular weight is 219 g/mol. The highest BCUT2D eigenvalue weighted by Crippen LogP contribution is 2.33. The zero-order chi connectivity index (χ0) is 11.6. The Morgan fingerprint density at radius 3 is 2.69 bits per heavy atom. The first kappa shape index (κ1) is 11.6. The summed E-state index contributed by atoms with van der Waals surface area (Å²) in [6.45, 7) is 4.56. The highest BCUT2D eigenvalue weighted by molar-refractivity contribution is 5.27. The van der Waals surface area contributed by atoms with Gasteiger partial charge < -0.3 is 10.0 Å². The van der Waals surface area contributed by atoms with Crippen LogP contribution in [-0.4, -0.2) is 36.8 Å². The van der Waals surface area contributed by atoms with Crippen molar-refractivity contribution >= 4 is 0 Å². The Labute approximate surface area is 97.9 Å². The fourth-order valence-electron chi connectivity index (χ4n) is 2.70. The molecule has 1 N–H and O–H groups in total. The molecule has 2 rings (SSSR count). The van der Waals surface area contributed by atoms with Crippen molar-refractivity contribution in [3.05, 3.63) is 35.4 Å². The van der Waals surface area contributed by atoms with Gasteiger partial charge in [0.25, 0.3) is 0 Å². The quantitative estimate of drug-likeness (QED) is 0.838. The van der Waals surface area contributed by atoms with Crippen molar-refractivity contribution < 1.29 is 5.11 Å². The zero-order valence-corrected chi connectivity index (χ0v) is 10.2. The smallest absolute Gasteiger partial charge is 0.0503 e. The number of hydrogen-bond donors (Lipinski definition) is 1. The first-order chi connectivity index (χ1) is 7.65. The number of likely N-dealkylation sites (tertiary alicyclic amines) is 1. The summed E-state index contributed by atoms with van der Waals surface area (Å²) in [6, 6.07) is 8.50. The normalized spacial score (nSPS) is 26.2. The molecule has 1 unspecified atom stereocenters. The average Bonchev–Trinajstić information content (AvgIpc) is 2.65. The summed E-state index contributed by atoms with van der Waals surface area (Å²) >= 11 is 0. The Bertz CT molecular complexity index is 364. The molecule has 88 valence electrons. The van der Waals surface area contributed by atoms with Gasteiger partial charge in [-0.05, 0) is 44.5 Å². The maximum Gasteiger partial charge on any atom is 0.0503 e. The van der Waals surface area contributed by atoms with Crippen LogP contribution in [0.1, 0.15) is 17.5 Å². The molecule has 0 bridgehead atoms. The van der Waals surface area contributed by atoms with Gasteiger partial charge in [0.05, 0.1) is 6.61 Å². The van der Waals surface area contributed by atoms with Crippen molar-refractivity contribution in [2.75, 3.05) is 26.7 Å². The van der Waals surface area contributed by atoms with Crippen LogP contribution in [0, 0.1) is 12.3 Å². The van der Waals surface area contributed by atoms with Crippen molar-refractivity contribution in [3.63, 3.8) is 0 Å². The molecule has 0 aliphatic carbocycles. The minimum Gasteiger partial charge on any atom is -0.396 e. The van der Waals surface area contributed by atoms with Crippen LogP contribution >= 0.6 is 0 Å². The van der Waals surface area contributed by atoms with E-state index in [-0.39, 0.29) is 5.41 Å². The molecule has 2 heteroatoms. The van der Waals surface area contributed by atoms with Crippen molar-refractivity contribution in [2.45, 2.75) is 19.8 Å². The summed E-state index contributed by atoms with van der Waals surface area (Å²) < 4.78 is 0. The summed E-state index contributed by atoms with van der Waals surface area (Å²) in [7, 11) is 2.13. The van der Waals surface area contributed by atoms with Gasteiger partial charge in [-0.15, -0.1) is 0 Å². The van der Waals surface area contributed by atoms with Crippen LogP contribution in [0.4, 0.5) is 0 Å². The molecule has 1 heterocycles. The molecule has 0 aromatic heterocycles.